The molecule has 0 aliphatic rings. The third-order valence-electron chi connectivity index (χ3n) is 5.94. The zero-order valence-corrected chi connectivity index (χ0v) is 17.2. The minimum Gasteiger partial charge on any atom is -0.535 e. The van der Waals surface area contributed by atoms with E-state index in [1.54, 1.807) is 0 Å². The highest BCUT2D eigenvalue weighted by atomic mass is 16.5. The molecule has 4 heteroatoms. The van der Waals surface area contributed by atoms with Crippen LogP contribution in [0.4, 0.5) is 0 Å². The van der Waals surface area contributed by atoms with Gasteiger partial charge in [-0.1, -0.05) is 97.1 Å². The monoisotopic (exact) mass is 413 g/mol. The smallest absolute Gasteiger partial charge is 0.535 e. The molecule has 0 bridgehead atoms. The Labute approximate surface area is 185 Å². The van der Waals surface area contributed by atoms with E-state index in [1.165, 1.54) is 0 Å². The molecule has 0 saturated heterocycles. The quantitative estimate of drug-likeness (QED) is 0.317. The molecule has 6 rings (SSSR count). The number of para-hydroxylation sites is 1. The van der Waals surface area contributed by atoms with Crippen molar-refractivity contribution in [2.24, 2.45) is 0 Å². The third-order valence-corrected chi connectivity index (χ3v) is 5.94. The summed E-state index contributed by atoms with van der Waals surface area (Å²) in [5.41, 5.74) is 5.83. The van der Waals surface area contributed by atoms with E-state index in [2.05, 4.69) is 66.7 Å². The Balaban J connectivity index is 1.71. The van der Waals surface area contributed by atoms with E-state index in [9.17, 15) is 5.02 Å². The van der Waals surface area contributed by atoms with Gasteiger partial charge in [0.05, 0.1) is 0 Å². The molecule has 6 aromatic rings. The standard InChI is InChI=1S/C28H18BO3/c30-29-32-25-17-19-11-4-5-13-21(19)26-24-16-8-15-23(27(24)31-28(25)26)22-14-7-6-12-20(22)18-9-2-1-3-10-18/h1-17,30H. The van der Waals surface area contributed by atoms with Gasteiger partial charge in [0.25, 0.3) is 0 Å². The Morgan fingerprint density at radius 2 is 1.31 bits per heavy atom. The molecule has 0 spiro atoms. The van der Waals surface area contributed by atoms with Crippen LogP contribution in [0.15, 0.2) is 108 Å². The van der Waals surface area contributed by atoms with Crippen molar-refractivity contribution in [2.75, 3.05) is 0 Å². The van der Waals surface area contributed by atoms with Crippen molar-refractivity contribution in [3.63, 3.8) is 0 Å². The molecule has 1 N–H and O–H groups in total. The lowest BCUT2D eigenvalue weighted by molar-refractivity contribution is 0.451. The number of hydrogen-bond donors (Lipinski definition) is 1. The van der Waals surface area contributed by atoms with Crippen LogP contribution in [0.3, 0.4) is 0 Å². The first kappa shape index (κ1) is 18.7. The van der Waals surface area contributed by atoms with Gasteiger partial charge in [0.15, 0.2) is 5.58 Å². The summed E-state index contributed by atoms with van der Waals surface area (Å²) in [5, 5.41) is 13.4. The summed E-state index contributed by atoms with van der Waals surface area (Å²) >= 11 is 0. The van der Waals surface area contributed by atoms with Crippen molar-refractivity contribution in [1.29, 1.82) is 0 Å². The Morgan fingerprint density at radius 1 is 0.625 bits per heavy atom. The van der Waals surface area contributed by atoms with Gasteiger partial charge in [0.1, 0.15) is 11.3 Å². The van der Waals surface area contributed by atoms with Gasteiger partial charge in [-0.3, -0.25) is 0 Å². The first-order valence-corrected chi connectivity index (χ1v) is 10.5. The molecule has 0 fully saturated rings. The number of rotatable bonds is 4. The van der Waals surface area contributed by atoms with Crippen LogP contribution < -0.4 is 4.65 Å². The van der Waals surface area contributed by atoms with Crippen molar-refractivity contribution in [1.82, 2.24) is 0 Å². The lowest BCUT2D eigenvalue weighted by Gasteiger charge is -2.10. The first-order valence-electron chi connectivity index (χ1n) is 10.5. The van der Waals surface area contributed by atoms with Crippen LogP contribution in [0.25, 0.3) is 55.0 Å². The van der Waals surface area contributed by atoms with Gasteiger partial charge in [0.2, 0.25) is 0 Å². The molecule has 32 heavy (non-hydrogen) atoms. The van der Waals surface area contributed by atoms with E-state index in [0.29, 0.717) is 19.0 Å². The molecule has 151 valence electrons. The van der Waals surface area contributed by atoms with E-state index >= 15 is 0 Å². The molecule has 0 saturated carbocycles. The fourth-order valence-electron chi connectivity index (χ4n) is 4.56. The van der Waals surface area contributed by atoms with Gasteiger partial charge in [-0.15, -0.1) is 0 Å². The van der Waals surface area contributed by atoms with Crippen molar-refractivity contribution >= 4 is 40.4 Å². The molecular formula is C28H18BO3. The summed E-state index contributed by atoms with van der Waals surface area (Å²) in [4.78, 5) is 0. The zero-order valence-electron chi connectivity index (χ0n) is 17.2. The average Bonchev–Trinajstić information content (AvgIpc) is 3.25. The molecule has 0 atom stereocenters. The van der Waals surface area contributed by atoms with Crippen LogP contribution in [-0.4, -0.2) is 12.7 Å². The summed E-state index contributed by atoms with van der Waals surface area (Å²) in [6.07, 6.45) is 0. The lowest BCUT2D eigenvalue weighted by Crippen LogP contribution is -1.99. The number of benzene rings is 5. The number of hydrogen-bond acceptors (Lipinski definition) is 3. The SMILES string of the molecule is O[B]Oc1cc2ccccc2c2c1oc1c(-c3ccccc3-c3ccccc3)cccc12. The fraction of sp³-hybridized carbons (Fsp3) is 0. The molecule has 5 aromatic carbocycles. The summed E-state index contributed by atoms with van der Waals surface area (Å²) in [6, 6.07) is 35.0. The second-order valence-corrected chi connectivity index (χ2v) is 7.72. The molecular weight excluding hydrogens is 395 g/mol. The van der Waals surface area contributed by atoms with Gasteiger partial charge < -0.3 is 14.1 Å². The maximum absolute atomic E-state index is 9.33. The van der Waals surface area contributed by atoms with Gasteiger partial charge in [0, 0.05) is 16.3 Å². The summed E-state index contributed by atoms with van der Waals surface area (Å²) in [6.45, 7) is 0. The highest BCUT2D eigenvalue weighted by molar-refractivity contribution is 6.24. The van der Waals surface area contributed by atoms with Crippen molar-refractivity contribution in [2.45, 2.75) is 0 Å². The molecule has 1 heterocycles. The van der Waals surface area contributed by atoms with E-state index < -0.39 is 0 Å². The molecule has 1 aromatic heterocycles. The van der Waals surface area contributed by atoms with Crippen LogP contribution in [0, 0.1) is 0 Å². The van der Waals surface area contributed by atoms with Crippen LogP contribution in [0.1, 0.15) is 0 Å². The van der Waals surface area contributed by atoms with Gasteiger partial charge >= 0.3 is 7.69 Å². The zero-order chi connectivity index (χ0) is 21.5. The number of fused-ring (bicyclic) bond motifs is 5. The highest BCUT2D eigenvalue weighted by Gasteiger charge is 2.19. The largest absolute Gasteiger partial charge is 0.569 e. The summed E-state index contributed by atoms with van der Waals surface area (Å²) in [7, 11) is 0.697. The van der Waals surface area contributed by atoms with Crippen LogP contribution in [0.5, 0.6) is 5.75 Å². The van der Waals surface area contributed by atoms with Crippen molar-refractivity contribution < 1.29 is 14.1 Å². The topological polar surface area (TPSA) is 42.6 Å². The van der Waals surface area contributed by atoms with Crippen molar-refractivity contribution in [3.8, 4) is 28.0 Å². The molecule has 0 aliphatic carbocycles. The van der Waals surface area contributed by atoms with Gasteiger partial charge in [-0.2, -0.15) is 0 Å². The van der Waals surface area contributed by atoms with Gasteiger partial charge in [-0.05, 0) is 33.5 Å². The summed E-state index contributed by atoms with van der Waals surface area (Å²) in [5.74, 6) is 0.486. The first-order chi connectivity index (χ1) is 15.8. The molecule has 0 aliphatic heterocycles. The summed E-state index contributed by atoms with van der Waals surface area (Å²) < 4.78 is 11.9. The second kappa shape index (κ2) is 7.59. The van der Waals surface area contributed by atoms with E-state index in [1.807, 2.05) is 36.4 Å². The Kier molecular flexibility index (Phi) is 4.44. The predicted octanol–water partition coefficient (Wildman–Crippen LogP) is 6.98. The molecule has 3 nitrogen and oxygen atoms in total. The Bertz CT molecular complexity index is 1590. The predicted molar refractivity (Wildman–Crippen MR) is 131 cm³/mol. The van der Waals surface area contributed by atoms with Crippen LogP contribution >= 0.6 is 0 Å². The number of furan rings is 1. The fourth-order valence-corrected chi connectivity index (χ4v) is 4.56. The Morgan fingerprint density at radius 3 is 2.16 bits per heavy atom. The molecule has 0 unspecified atom stereocenters. The Hall–Kier alpha value is -4.02. The molecule has 0 amide bonds. The molecule has 1 radical (unpaired) electrons. The van der Waals surface area contributed by atoms with E-state index in [-0.39, 0.29) is 0 Å². The minimum absolute atomic E-state index is 0.486. The third kappa shape index (κ3) is 2.88. The van der Waals surface area contributed by atoms with E-state index in [4.69, 9.17) is 9.07 Å². The maximum atomic E-state index is 9.33. The highest BCUT2D eigenvalue weighted by Crippen LogP contribution is 2.44. The second-order valence-electron chi connectivity index (χ2n) is 7.72. The minimum atomic E-state index is 0.486. The average molecular weight is 413 g/mol. The maximum Gasteiger partial charge on any atom is 0.569 e. The van der Waals surface area contributed by atoms with Crippen LogP contribution in [-0.2, 0) is 0 Å². The van der Waals surface area contributed by atoms with E-state index in [0.717, 1.165) is 49.4 Å². The normalized spacial score (nSPS) is 11.3. The van der Waals surface area contributed by atoms with Crippen LogP contribution in [0.2, 0.25) is 0 Å². The van der Waals surface area contributed by atoms with Crippen molar-refractivity contribution in [3.05, 3.63) is 103 Å². The van der Waals surface area contributed by atoms with Gasteiger partial charge in [-0.25, -0.2) is 0 Å². The lowest BCUT2D eigenvalue weighted by atomic mass is 9.93.